The fourth-order valence-electron chi connectivity index (χ4n) is 2.30. The van der Waals surface area contributed by atoms with Gasteiger partial charge in [-0.05, 0) is 42.5 Å². The van der Waals surface area contributed by atoms with E-state index in [-0.39, 0.29) is 18.3 Å². The molecule has 0 heterocycles. The van der Waals surface area contributed by atoms with Gasteiger partial charge in [-0.2, -0.15) is 0 Å². The number of aliphatic imine (C=N–C) groups is 1. The second kappa shape index (κ2) is 6.44. The van der Waals surface area contributed by atoms with E-state index >= 15 is 0 Å². The Bertz CT molecular complexity index is 638. The van der Waals surface area contributed by atoms with Crippen LogP contribution in [-0.2, 0) is 22.9 Å². The molecular weight excluding hydrogens is 288 g/mol. The van der Waals surface area contributed by atoms with Gasteiger partial charge < -0.3 is 11.1 Å². The number of nitrogens with two attached hydrogens (primary N) is 1. The molecule has 0 fully saturated rings. The summed E-state index contributed by atoms with van der Waals surface area (Å²) < 4.78 is 24.4. The molecule has 0 unspecified atom stereocenters. The van der Waals surface area contributed by atoms with E-state index in [1.54, 1.807) is 0 Å². The first-order valence-corrected chi connectivity index (χ1v) is 8.58. The third-order valence-electron chi connectivity index (χ3n) is 3.56. The van der Waals surface area contributed by atoms with E-state index < -0.39 is 10.0 Å². The fourth-order valence-corrected chi connectivity index (χ4v) is 2.99. The highest BCUT2D eigenvalue weighted by molar-refractivity contribution is 7.89. The number of fused-ring (bicyclic) bond motifs is 1. The molecule has 0 bridgehead atoms. The van der Waals surface area contributed by atoms with E-state index in [4.69, 9.17) is 5.73 Å². The van der Waals surface area contributed by atoms with Crippen molar-refractivity contribution in [1.29, 1.82) is 0 Å². The SMILES string of the molecule is CN(C)S(=O)(=O)CCN=C(N)Nc1ccc2c(c1)CCC2. The van der Waals surface area contributed by atoms with Gasteiger partial charge in [-0.1, -0.05) is 6.07 Å². The highest BCUT2D eigenvalue weighted by atomic mass is 32.2. The molecule has 3 N–H and O–H groups in total. The quantitative estimate of drug-likeness (QED) is 0.622. The lowest BCUT2D eigenvalue weighted by molar-refractivity contribution is 0.521. The maximum absolute atomic E-state index is 11.6. The molecule has 0 aliphatic heterocycles. The average Bonchev–Trinajstić information content (AvgIpc) is 2.85. The van der Waals surface area contributed by atoms with Crippen molar-refractivity contribution in [3.05, 3.63) is 29.3 Å². The Kier molecular flexibility index (Phi) is 4.84. The monoisotopic (exact) mass is 310 g/mol. The largest absolute Gasteiger partial charge is 0.370 e. The number of nitrogens with zero attached hydrogens (tertiary/aromatic N) is 2. The Morgan fingerprint density at radius 3 is 2.76 bits per heavy atom. The Labute approximate surface area is 126 Å². The predicted molar refractivity (Wildman–Crippen MR) is 86.1 cm³/mol. The van der Waals surface area contributed by atoms with Gasteiger partial charge in [-0.3, -0.25) is 4.99 Å². The van der Waals surface area contributed by atoms with E-state index in [1.165, 1.54) is 35.9 Å². The van der Waals surface area contributed by atoms with Gasteiger partial charge >= 0.3 is 0 Å². The van der Waals surface area contributed by atoms with E-state index in [1.807, 2.05) is 6.07 Å². The Hall–Kier alpha value is -1.60. The summed E-state index contributed by atoms with van der Waals surface area (Å²) in [6.45, 7) is 0.143. The van der Waals surface area contributed by atoms with Gasteiger partial charge in [0.25, 0.3) is 0 Å². The summed E-state index contributed by atoms with van der Waals surface area (Å²) in [5.74, 6) is 0.189. The van der Waals surface area contributed by atoms with Gasteiger partial charge in [0.1, 0.15) is 0 Å². The minimum Gasteiger partial charge on any atom is -0.370 e. The second-order valence-electron chi connectivity index (χ2n) is 5.33. The molecule has 1 aliphatic carbocycles. The summed E-state index contributed by atoms with van der Waals surface area (Å²) in [4.78, 5) is 4.06. The van der Waals surface area contributed by atoms with E-state index in [9.17, 15) is 8.42 Å². The van der Waals surface area contributed by atoms with Crippen LogP contribution in [0.3, 0.4) is 0 Å². The molecule has 1 aromatic rings. The molecule has 0 aromatic heterocycles. The molecule has 6 nitrogen and oxygen atoms in total. The van der Waals surface area contributed by atoms with Crippen LogP contribution >= 0.6 is 0 Å². The summed E-state index contributed by atoms with van der Waals surface area (Å²) in [5, 5.41) is 3.01. The van der Waals surface area contributed by atoms with Gasteiger partial charge in [-0.15, -0.1) is 0 Å². The van der Waals surface area contributed by atoms with Crippen LogP contribution in [0, 0.1) is 0 Å². The van der Waals surface area contributed by atoms with Crippen molar-refractivity contribution in [1.82, 2.24) is 4.31 Å². The third-order valence-corrected chi connectivity index (χ3v) is 5.37. The molecule has 0 atom stereocenters. The molecule has 1 aliphatic rings. The van der Waals surface area contributed by atoms with Gasteiger partial charge in [0.2, 0.25) is 10.0 Å². The second-order valence-corrected chi connectivity index (χ2v) is 7.63. The summed E-state index contributed by atoms with van der Waals surface area (Å²) in [6.07, 6.45) is 3.44. The van der Waals surface area contributed by atoms with Crippen LogP contribution in [0.5, 0.6) is 0 Å². The number of guanidine groups is 1. The Balaban J connectivity index is 1.92. The molecule has 116 valence electrons. The number of hydrogen-bond donors (Lipinski definition) is 2. The van der Waals surface area contributed by atoms with E-state index in [2.05, 4.69) is 22.4 Å². The molecule has 0 amide bonds. The molecule has 0 spiro atoms. The van der Waals surface area contributed by atoms with Gasteiger partial charge in [-0.25, -0.2) is 12.7 Å². The van der Waals surface area contributed by atoms with Crippen molar-refractivity contribution in [2.45, 2.75) is 19.3 Å². The molecule has 0 saturated carbocycles. The number of aryl methyl sites for hydroxylation is 2. The average molecular weight is 310 g/mol. The lowest BCUT2D eigenvalue weighted by Crippen LogP contribution is -2.28. The van der Waals surface area contributed by atoms with Crippen molar-refractivity contribution >= 4 is 21.7 Å². The van der Waals surface area contributed by atoms with Crippen LogP contribution in [0.2, 0.25) is 0 Å². The maximum Gasteiger partial charge on any atom is 0.215 e. The lowest BCUT2D eigenvalue weighted by Gasteiger charge is -2.10. The summed E-state index contributed by atoms with van der Waals surface area (Å²) in [7, 11) is -0.222. The molecule has 0 saturated heterocycles. The highest BCUT2D eigenvalue weighted by Crippen LogP contribution is 2.24. The van der Waals surface area contributed by atoms with Crippen molar-refractivity contribution in [3.8, 4) is 0 Å². The standard InChI is InChI=1S/C14H22N4O2S/c1-18(2)21(19,20)9-8-16-14(15)17-13-7-6-11-4-3-5-12(11)10-13/h6-7,10H,3-5,8-9H2,1-2H3,(H3,15,16,17). The third kappa shape index (κ3) is 4.18. The number of hydrogen-bond acceptors (Lipinski definition) is 3. The number of nitrogens with one attached hydrogen (secondary N) is 1. The van der Waals surface area contributed by atoms with Gasteiger partial charge in [0, 0.05) is 19.8 Å². The van der Waals surface area contributed by atoms with E-state index in [0.717, 1.165) is 18.5 Å². The number of sulfonamides is 1. The smallest absolute Gasteiger partial charge is 0.215 e. The first-order valence-electron chi connectivity index (χ1n) is 6.97. The molecular formula is C14H22N4O2S. The van der Waals surface area contributed by atoms with Crippen molar-refractivity contribution in [2.24, 2.45) is 10.7 Å². The Morgan fingerprint density at radius 2 is 2.05 bits per heavy atom. The summed E-state index contributed by atoms with van der Waals surface area (Å²) >= 11 is 0. The number of benzene rings is 1. The highest BCUT2D eigenvalue weighted by Gasteiger charge is 2.13. The van der Waals surface area contributed by atoms with Crippen LogP contribution in [-0.4, -0.2) is 45.1 Å². The lowest BCUT2D eigenvalue weighted by atomic mass is 10.1. The first kappa shape index (κ1) is 15.8. The van der Waals surface area contributed by atoms with Gasteiger partial charge in [0.15, 0.2) is 5.96 Å². The fraction of sp³-hybridized carbons (Fsp3) is 0.500. The van der Waals surface area contributed by atoms with Crippen LogP contribution in [0.15, 0.2) is 23.2 Å². The first-order chi connectivity index (χ1) is 9.88. The molecule has 0 radical (unpaired) electrons. The summed E-state index contributed by atoms with van der Waals surface area (Å²) in [5.41, 5.74) is 9.43. The molecule has 2 rings (SSSR count). The van der Waals surface area contributed by atoms with Gasteiger partial charge in [0.05, 0.1) is 12.3 Å². The number of anilines is 1. The van der Waals surface area contributed by atoms with Crippen LogP contribution in [0.1, 0.15) is 17.5 Å². The Morgan fingerprint density at radius 1 is 1.33 bits per heavy atom. The topological polar surface area (TPSA) is 87.8 Å². The predicted octanol–water partition coefficient (Wildman–Crippen LogP) is 0.793. The van der Waals surface area contributed by atoms with Crippen LogP contribution < -0.4 is 11.1 Å². The van der Waals surface area contributed by atoms with Crippen LogP contribution in [0.25, 0.3) is 0 Å². The molecule has 1 aromatic carbocycles. The maximum atomic E-state index is 11.6. The summed E-state index contributed by atoms with van der Waals surface area (Å²) in [6, 6.07) is 6.17. The normalized spacial score (nSPS) is 15.3. The van der Waals surface area contributed by atoms with Crippen molar-refractivity contribution < 1.29 is 8.42 Å². The zero-order valence-corrected chi connectivity index (χ0v) is 13.3. The zero-order valence-electron chi connectivity index (χ0n) is 12.5. The van der Waals surface area contributed by atoms with Crippen molar-refractivity contribution in [3.63, 3.8) is 0 Å². The van der Waals surface area contributed by atoms with E-state index in [0.29, 0.717) is 0 Å². The number of rotatable bonds is 5. The van der Waals surface area contributed by atoms with Crippen LogP contribution in [0.4, 0.5) is 5.69 Å². The molecule has 7 heteroatoms. The van der Waals surface area contributed by atoms with Crippen molar-refractivity contribution in [2.75, 3.05) is 31.7 Å². The zero-order chi connectivity index (χ0) is 15.5. The minimum absolute atomic E-state index is 0.0490. The molecule has 21 heavy (non-hydrogen) atoms. The minimum atomic E-state index is -3.23.